The summed E-state index contributed by atoms with van der Waals surface area (Å²) in [5.74, 6) is 0.106. The molecular formula is C24H31N3O3S. The summed E-state index contributed by atoms with van der Waals surface area (Å²) in [5.41, 5.74) is 3.19. The van der Waals surface area contributed by atoms with Gasteiger partial charge in [0.25, 0.3) is 0 Å². The van der Waals surface area contributed by atoms with Crippen LogP contribution in [0, 0.1) is 0 Å². The molecule has 6 nitrogen and oxygen atoms in total. The predicted molar refractivity (Wildman–Crippen MR) is 124 cm³/mol. The molecule has 0 bridgehead atoms. The van der Waals surface area contributed by atoms with Crippen LogP contribution in [0.25, 0.3) is 0 Å². The van der Waals surface area contributed by atoms with Crippen LogP contribution in [0.15, 0.2) is 54.6 Å². The van der Waals surface area contributed by atoms with Crippen molar-refractivity contribution in [2.45, 2.75) is 31.8 Å². The van der Waals surface area contributed by atoms with Gasteiger partial charge in [-0.3, -0.25) is 9.69 Å². The summed E-state index contributed by atoms with van der Waals surface area (Å²) in [6.07, 6.45) is 3.80. The van der Waals surface area contributed by atoms with Crippen LogP contribution in [-0.4, -0.2) is 56.9 Å². The molecule has 0 spiro atoms. The van der Waals surface area contributed by atoms with Gasteiger partial charge >= 0.3 is 0 Å². The normalized spacial score (nSPS) is 20.2. The molecule has 2 heterocycles. The fraction of sp³-hybridized carbons (Fsp3) is 0.458. The van der Waals surface area contributed by atoms with Gasteiger partial charge in [-0.25, -0.2) is 8.42 Å². The summed E-state index contributed by atoms with van der Waals surface area (Å²) < 4.78 is 23.7. The smallest absolute Gasteiger partial charge is 0.242 e. The molecule has 2 fully saturated rings. The largest absolute Gasteiger partial charge is 0.372 e. The van der Waals surface area contributed by atoms with E-state index in [-0.39, 0.29) is 17.4 Å². The van der Waals surface area contributed by atoms with E-state index >= 15 is 0 Å². The zero-order chi connectivity index (χ0) is 21.7. The Labute approximate surface area is 185 Å². The SMILES string of the molecule is O=C(NCc1ccc(N2CCCCC2)cc1)C(c1ccccc1)N1CCS(=O)(=O)CC1. The number of rotatable bonds is 6. The van der Waals surface area contributed by atoms with Gasteiger partial charge in [0.1, 0.15) is 6.04 Å². The third kappa shape index (κ3) is 5.66. The van der Waals surface area contributed by atoms with Gasteiger partial charge < -0.3 is 10.2 Å². The van der Waals surface area contributed by atoms with E-state index in [1.54, 1.807) is 0 Å². The van der Waals surface area contributed by atoms with Crippen molar-refractivity contribution < 1.29 is 13.2 Å². The number of piperidine rings is 1. The van der Waals surface area contributed by atoms with Crippen molar-refractivity contribution in [3.63, 3.8) is 0 Å². The Morgan fingerprint density at radius 3 is 2.16 bits per heavy atom. The van der Waals surface area contributed by atoms with Crippen LogP contribution < -0.4 is 10.2 Å². The zero-order valence-electron chi connectivity index (χ0n) is 17.9. The summed E-state index contributed by atoms with van der Waals surface area (Å²) >= 11 is 0. The molecular weight excluding hydrogens is 410 g/mol. The molecule has 1 atom stereocenters. The number of nitrogens with one attached hydrogen (secondary N) is 1. The van der Waals surface area contributed by atoms with E-state index in [1.807, 2.05) is 35.2 Å². The minimum atomic E-state index is -3.00. The lowest BCUT2D eigenvalue weighted by atomic mass is 10.0. The summed E-state index contributed by atoms with van der Waals surface area (Å²) in [4.78, 5) is 17.6. The Morgan fingerprint density at radius 1 is 0.871 bits per heavy atom. The van der Waals surface area contributed by atoms with Crippen LogP contribution in [-0.2, 0) is 21.2 Å². The number of hydrogen-bond donors (Lipinski definition) is 1. The molecule has 2 saturated heterocycles. The summed E-state index contributed by atoms with van der Waals surface area (Å²) in [6, 6.07) is 17.6. The van der Waals surface area contributed by atoms with E-state index in [2.05, 4.69) is 34.5 Å². The highest BCUT2D eigenvalue weighted by Crippen LogP contribution is 2.24. The van der Waals surface area contributed by atoms with Crippen molar-refractivity contribution in [2.75, 3.05) is 42.6 Å². The minimum Gasteiger partial charge on any atom is -0.372 e. The van der Waals surface area contributed by atoms with Crippen LogP contribution in [0.1, 0.15) is 36.4 Å². The molecule has 1 amide bonds. The first-order chi connectivity index (χ1) is 15.0. The third-order valence-electron chi connectivity index (χ3n) is 6.23. The zero-order valence-corrected chi connectivity index (χ0v) is 18.7. The average Bonchev–Trinajstić information content (AvgIpc) is 2.80. The van der Waals surface area contributed by atoms with Crippen molar-refractivity contribution >= 4 is 21.4 Å². The second-order valence-electron chi connectivity index (χ2n) is 8.43. The lowest BCUT2D eigenvalue weighted by molar-refractivity contribution is -0.126. The molecule has 0 aromatic heterocycles. The van der Waals surface area contributed by atoms with Crippen molar-refractivity contribution in [3.8, 4) is 0 Å². The van der Waals surface area contributed by atoms with Gasteiger partial charge in [0.2, 0.25) is 5.91 Å². The highest BCUT2D eigenvalue weighted by molar-refractivity contribution is 7.91. The van der Waals surface area contributed by atoms with Crippen molar-refractivity contribution in [1.29, 1.82) is 0 Å². The predicted octanol–water partition coefficient (Wildman–Crippen LogP) is 2.76. The monoisotopic (exact) mass is 441 g/mol. The number of sulfone groups is 1. The molecule has 1 N–H and O–H groups in total. The molecule has 7 heteroatoms. The lowest BCUT2D eigenvalue weighted by Gasteiger charge is -2.33. The van der Waals surface area contributed by atoms with E-state index in [1.165, 1.54) is 24.9 Å². The first-order valence-electron chi connectivity index (χ1n) is 11.1. The van der Waals surface area contributed by atoms with Crippen LogP contribution in [0.4, 0.5) is 5.69 Å². The first-order valence-corrected chi connectivity index (χ1v) is 12.9. The highest BCUT2D eigenvalue weighted by Gasteiger charge is 2.32. The standard InChI is InChI=1S/C24H31N3O3S/c28-24(25-19-20-9-11-22(12-10-20)26-13-5-2-6-14-26)23(21-7-3-1-4-8-21)27-15-17-31(29,30)18-16-27/h1,3-4,7-12,23H,2,5-6,13-19H2,(H,25,28). The third-order valence-corrected chi connectivity index (χ3v) is 7.84. The molecule has 0 aliphatic carbocycles. The Kier molecular flexibility index (Phi) is 6.92. The summed E-state index contributed by atoms with van der Waals surface area (Å²) in [6.45, 7) is 3.43. The number of anilines is 1. The van der Waals surface area contributed by atoms with Gasteiger partial charge in [0.05, 0.1) is 11.5 Å². The van der Waals surface area contributed by atoms with Crippen LogP contribution in [0.5, 0.6) is 0 Å². The fourth-order valence-electron chi connectivity index (χ4n) is 4.41. The molecule has 2 aliphatic heterocycles. The molecule has 4 rings (SSSR count). The number of amides is 1. The molecule has 2 aromatic rings. The number of hydrogen-bond acceptors (Lipinski definition) is 5. The van der Waals surface area contributed by atoms with Crippen molar-refractivity contribution in [3.05, 3.63) is 65.7 Å². The fourth-order valence-corrected chi connectivity index (χ4v) is 5.64. The van der Waals surface area contributed by atoms with Gasteiger partial charge in [-0.2, -0.15) is 0 Å². The van der Waals surface area contributed by atoms with Gasteiger partial charge in [0.15, 0.2) is 9.84 Å². The van der Waals surface area contributed by atoms with E-state index in [0.717, 1.165) is 24.2 Å². The maximum atomic E-state index is 13.2. The Bertz CT molecular complexity index is 957. The quantitative estimate of drug-likeness (QED) is 0.747. The van der Waals surface area contributed by atoms with Crippen molar-refractivity contribution in [2.24, 2.45) is 0 Å². The number of nitrogens with zero attached hydrogens (tertiary/aromatic N) is 2. The summed E-state index contributed by atoms with van der Waals surface area (Å²) in [5, 5.41) is 3.07. The van der Waals surface area contributed by atoms with E-state index in [4.69, 9.17) is 0 Å². The van der Waals surface area contributed by atoms with E-state index in [9.17, 15) is 13.2 Å². The average molecular weight is 442 g/mol. The molecule has 166 valence electrons. The van der Waals surface area contributed by atoms with Gasteiger partial charge in [-0.1, -0.05) is 42.5 Å². The Hall–Kier alpha value is -2.38. The van der Waals surface area contributed by atoms with Gasteiger partial charge in [0, 0.05) is 38.4 Å². The minimum absolute atomic E-state index is 0.0920. The van der Waals surface area contributed by atoms with Crippen LogP contribution >= 0.6 is 0 Å². The lowest BCUT2D eigenvalue weighted by Crippen LogP contribution is -2.47. The summed E-state index contributed by atoms with van der Waals surface area (Å²) in [7, 11) is -3.00. The number of carbonyl (C=O) groups excluding carboxylic acids is 1. The molecule has 2 aromatic carbocycles. The molecule has 1 unspecified atom stereocenters. The highest BCUT2D eigenvalue weighted by atomic mass is 32.2. The van der Waals surface area contributed by atoms with E-state index in [0.29, 0.717) is 19.6 Å². The Balaban J connectivity index is 1.41. The molecule has 2 aliphatic rings. The van der Waals surface area contributed by atoms with Gasteiger partial charge in [-0.05, 0) is 42.5 Å². The van der Waals surface area contributed by atoms with E-state index < -0.39 is 15.9 Å². The van der Waals surface area contributed by atoms with Crippen molar-refractivity contribution in [1.82, 2.24) is 10.2 Å². The van der Waals surface area contributed by atoms with Crippen LogP contribution in [0.2, 0.25) is 0 Å². The molecule has 0 saturated carbocycles. The topological polar surface area (TPSA) is 69.7 Å². The maximum absolute atomic E-state index is 13.2. The molecule has 31 heavy (non-hydrogen) atoms. The number of carbonyl (C=O) groups is 1. The number of benzene rings is 2. The first kappa shape index (κ1) is 21.8. The second kappa shape index (κ2) is 9.83. The maximum Gasteiger partial charge on any atom is 0.242 e. The molecule has 0 radical (unpaired) electrons. The Morgan fingerprint density at radius 2 is 1.52 bits per heavy atom. The second-order valence-corrected chi connectivity index (χ2v) is 10.7. The van der Waals surface area contributed by atoms with Crippen LogP contribution in [0.3, 0.4) is 0 Å². The van der Waals surface area contributed by atoms with Gasteiger partial charge in [-0.15, -0.1) is 0 Å².